The molecule has 5 nitrogen and oxygen atoms in total. The quantitative estimate of drug-likeness (QED) is 0.736. The monoisotopic (exact) mass is 418 g/mol. The van der Waals surface area contributed by atoms with E-state index in [9.17, 15) is 9.59 Å². The molecule has 26 heavy (non-hydrogen) atoms. The van der Waals surface area contributed by atoms with Gasteiger partial charge >= 0.3 is 0 Å². The Hall–Kier alpha value is -1.82. The first-order valence-corrected chi connectivity index (χ1v) is 10.1. The van der Waals surface area contributed by atoms with Gasteiger partial charge in [0, 0.05) is 35.1 Å². The lowest BCUT2D eigenvalue weighted by atomic mass is 10.00. The van der Waals surface area contributed by atoms with Gasteiger partial charge in [0.1, 0.15) is 11.6 Å². The maximum absolute atomic E-state index is 13.3. The Morgan fingerprint density at radius 2 is 1.85 bits per heavy atom. The third-order valence-electron chi connectivity index (χ3n) is 5.56. The zero-order chi connectivity index (χ0) is 18.3. The number of rotatable bonds is 2. The predicted octanol–water partition coefficient (Wildman–Crippen LogP) is 4.12. The van der Waals surface area contributed by atoms with Crippen molar-refractivity contribution in [1.82, 2.24) is 9.80 Å². The molecule has 6 heteroatoms. The minimum atomic E-state index is -0.353. The van der Waals surface area contributed by atoms with E-state index in [1.165, 1.54) is 0 Å². The molecule has 1 aromatic heterocycles. The smallest absolute Gasteiger partial charge is 0.290 e. The molecule has 138 valence electrons. The molecule has 2 aromatic rings. The van der Waals surface area contributed by atoms with Crippen LogP contribution in [0.25, 0.3) is 11.0 Å². The molecule has 0 N–H and O–H groups in total. The number of carbonyl (C=O) groups excluding carboxylic acids is 2. The highest BCUT2D eigenvalue weighted by atomic mass is 79.9. The Morgan fingerprint density at radius 3 is 2.62 bits per heavy atom. The summed E-state index contributed by atoms with van der Waals surface area (Å²) in [6.07, 6.45) is 4.78. The van der Waals surface area contributed by atoms with Crippen LogP contribution in [0, 0.1) is 6.92 Å². The summed E-state index contributed by atoms with van der Waals surface area (Å²) in [5, 5.41) is 0.933. The molecule has 2 amide bonds. The highest BCUT2D eigenvalue weighted by molar-refractivity contribution is 9.10. The molecule has 4 rings (SSSR count). The lowest BCUT2D eigenvalue weighted by molar-refractivity contribution is -0.136. The molecule has 0 bridgehead atoms. The Bertz CT molecular complexity index is 854. The van der Waals surface area contributed by atoms with Crippen molar-refractivity contribution in [2.45, 2.75) is 45.1 Å². The number of aryl methyl sites for hydroxylation is 1. The highest BCUT2D eigenvalue weighted by Crippen LogP contribution is 2.31. The van der Waals surface area contributed by atoms with Crippen LogP contribution in [0.4, 0.5) is 0 Å². The first-order valence-electron chi connectivity index (χ1n) is 9.34. The number of likely N-dealkylation sites (tertiary alicyclic amines) is 2. The molecule has 0 spiro atoms. The van der Waals surface area contributed by atoms with Gasteiger partial charge in [-0.1, -0.05) is 15.9 Å². The van der Waals surface area contributed by atoms with E-state index < -0.39 is 0 Å². The second-order valence-corrected chi connectivity index (χ2v) is 8.15. The summed E-state index contributed by atoms with van der Waals surface area (Å²) in [7, 11) is 0. The van der Waals surface area contributed by atoms with Crippen LogP contribution in [0.5, 0.6) is 0 Å². The van der Waals surface area contributed by atoms with Crippen molar-refractivity contribution in [2.24, 2.45) is 0 Å². The normalized spacial score (nSPS) is 20.8. The van der Waals surface area contributed by atoms with Gasteiger partial charge in [-0.15, -0.1) is 0 Å². The largest absolute Gasteiger partial charge is 0.451 e. The fraction of sp³-hybridized carbons (Fsp3) is 0.500. The molecule has 0 aliphatic carbocycles. The van der Waals surface area contributed by atoms with Gasteiger partial charge in [0.25, 0.3) is 5.91 Å². The van der Waals surface area contributed by atoms with Gasteiger partial charge in [-0.05, 0) is 57.2 Å². The summed E-state index contributed by atoms with van der Waals surface area (Å²) in [5.74, 6) is 0.304. The molecular formula is C20H23BrN2O3. The van der Waals surface area contributed by atoms with Gasteiger partial charge in [-0.25, -0.2) is 0 Å². The topological polar surface area (TPSA) is 53.8 Å². The third-order valence-corrected chi connectivity index (χ3v) is 6.05. The van der Waals surface area contributed by atoms with E-state index in [4.69, 9.17) is 4.42 Å². The molecule has 2 aliphatic heterocycles. The van der Waals surface area contributed by atoms with Crippen molar-refractivity contribution < 1.29 is 14.0 Å². The number of fused-ring (bicyclic) bond motifs is 1. The van der Waals surface area contributed by atoms with E-state index in [-0.39, 0.29) is 17.9 Å². The van der Waals surface area contributed by atoms with Crippen molar-refractivity contribution >= 4 is 38.7 Å². The maximum atomic E-state index is 13.3. The molecule has 2 fully saturated rings. The average molecular weight is 419 g/mol. The average Bonchev–Trinajstić information content (AvgIpc) is 3.30. The number of benzene rings is 1. The minimum absolute atomic E-state index is 0.104. The summed E-state index contributed by atoms with van der Waals surface area (Å²) >= 11 is 3.47. The second kappa shape index (κ2) is 7.06. The number of halogens is 1. The van der Waals surface area contributed by atoms with Crippen LogP contribution in [-0.2, 0) is 4.79 Å². The molecule has 1 unspecified atom stereocenters. The molecule has 0 radical (unpaired) electrons. The minimum Gasteiger partial charge on any atom is -0.451 e. The standard InChI is InChI=1S/C20H23BrN2O3/c1-13-15-12-14(21)7-8-17(15)26-18(13)20(25)23-11-3-2-6-16(23)19(24)22-9-4-5-10-22/h7-8,12,16H,2-6,9-11H2,1H3. The summed E-state index contributed by atoms with van der Waals surface area (Å²) in [6, 6.07) is 5.38. The molecular weight excluding hydrogens is 396 g/mol. The van der Waals surface area contributed by atoms with E-state index in [1.807, 2.05) is 30.0 Å². The number of hydrogen-bond donors (Lipinski definition) is 0. The van der Waals surface area contributed by atoms with Crippen LogP contribution in [0.3, 0.4) is 0 Å². The Kier molecular flexibility index (Phi) is 4.78. The van der Waals surface area contributed by atoms with Crippen molar-refractivity contribution in [3.63, 3.8) is 0 Å². The van der Waals surface area contributed by atoms with E-state index in [0.717, 1.165) is 60.6 Å². The van der Waals surface area contributed by atoms with Crippen LogP contribution in [-0.4, -0.2) is 47.3 Å². The molecule has 2 aliphatic rings. The molecule has 1 atom stereocenters. The number of hydrogen-bond acceptors (Lipinski definition) is 3. The fourth-order valence-corrected chi connectivity index (χ4v) is 4.47. The lowest BCUT2D eigenvalue weighted by Crippen LogP contribution is -2.52. The van der Waals surface area contributed by atoms with E-state index >= 15 is 0 Å². The highest BCUT2D eigenvalue weighted by Gasteiger charge is 2.37. The molecule has 2 saturated heterocycles. The maximum Gasteiger partial charge on any atom is 0.290 e. The van der Waals surface area contributed by atoms with Crippen molar-refractivity contribution in [2.75, 3.05) is 19.6 Å². The Labute approximate surface area is 161 Å². The van der Waals surface area contributed by atoms with Crippen LogP contribution >= 0.6 is 15.9 Å². The predicted molar refractivity (Wildman–Crippen MR) is 103 cm³/mol. The van der Waals surface area contributed by atoms with Gasteiger partial charge in [-0.2, -0.15) is 0 Å². The summed E-state index contributed by atoms with van der Waals surface area (Å²) < 4.78 is 6.84. The van der Waals surface area contributed by atoms with Crippen LogP contribution in [0.1, 0.15) is 48.2 Å². The number of nitrogens with zero attached hydrogens (tertiary/aromatic N) is 2. The zero-order valence-corrected chi connectivity index (χ0v) is 16.5. The van der Waals surface area contributed by atoms with Gasteiger partial charge in [0.15, 0.2) is 5.76 Å². The molecule has 0 saturated carbocycles. The van der Waals surface area contributed by atoms with Crippen LogP contribution in [0.15, 0.2) is 27.1 Å². The summed E-state index contributed by atoms with van der Waals surface area (Å²) in [6.45, 7) is 4.15. The van der Waals surface area contributed by atoms with Gasteiger partial charge < -0.3 is 14.2 Å². The number of carbonyl (C=O) groups is 2. The van der Waals surface area contributed by atoms with E-state index in [2.05, 4.69) is 15.9 Å². The van der Waals surface area contributed by atoms with Crippen molar-refractivity contribution in [3.05, 3.63) is 34.0 Å². The van der Waals surface area contributed by atoms with Crippen molar-refractivity contribution in [1.29, 1.82) is 0 Å². The van der Waals surface area contributed by atoms with E-state index in [1.54, 1.807) is 4.90 Å². The lowest BCUT2D eigenvalue weighted by Gasteiger charge is -2.36. The van der Waals surface area contributed by atoms with Gasteiger partial charge in [-0.3, -0.25) is 9.59 Å². The first kappa shape index (κ1) is 17.6. The molecule has 3 heterocycles. The fourth-order valence-electron chi connectivity index (χ4n) is 4.11. The van der Waals surface area contributed by atoms with E-state index in [0.29, 0.717) is 17.9 Å². The van der Waals surface area contributed by atoms with Crippen molar-refractivity contribution in [3.8, 4) is 0 Å². The Balaban J connectivity index is 1.65. The van der Waals surface area contributed by atoms with Gasteiger partial charge in [0.05, 0.1) is 0 Å². The first-order chi connectivity index (χ1) is 12.6. The third kappa shape index (κ3) is 3.04. The summed E-state index contributed by atoms with van der Waals surface area (Å²) in [5.41, 5.74) is 1.54. The SMILES string of the molecule is Cc1c(C(=O)N2CCCCC2C(=O)N2CCCC2)oc2ccc(Br)cc12. The second-order valence-electron chi connectivity index (χ2n) is 7.24. The van der Waals surface area contributed by atoms with Crippen LogP contribution in [0.2, 0.25) is 0 Å². The number of furan rings is 1. The Morgan fingerprint density at radius 1 is 1.12 bits per heavy atom. The van der Waals surface area contributed by atoms with Gasteiger partial charge in [0.2, 0.25) is 5.91 Å². The number of piperidine rings is 1. The number of amides is 2. The van der Waals surface area contributed by atoms with Crippen LogP contribution < -0.4 is 0 Å². The zero-order valence-electron chi connectivity index (χ0n) is 15.0. The summed E-state index contributed by atoms with van der Waals surface area (Å²) in [4.78, 5) is 29.9. The molecule has 1 aromatic carbocycles.